The normalized spacial score (nSPS) is 9.71. The third-order valence-electron chi connectivity index (χ3n) is 2.35. The first-order chi connectivity index (χ1) is 6.65. The third kappa shape index (κ3) is 1.55. The molecule has 0 saturated heterocycles. The van der Waals surface area contributed by atoms with Gasteiger partial charge < -0.3 is 21.1 Å². The molecule has 14 heavy (non-hydrogen) atoms. The number of hydrogen-bond acceptors (Lipinski definition) is 4. The van der Waals surface area contributed by atoms with Crippen LogP contribution in [0.5, 0.6) is 5.75 Å². The van der Waals surface area contributed by atoms with Crippen molar-refractivity contribution in [2.45, 2.75) is 6.92 Å². The number of nitrogens with one attached hydrogen (secondary N) is 3. The molecule has 0 aromatic heterocycles. The molecule has 0 heterocycles. The van der Waals surface area contributed by atoms with Crippen molar-refractivity contribution < 1.29 is 5.11 Å². The summed E-state index contributed by atoms with van der Waals surface area (Å²) in [4.78, 5) is 0. The molecule has 1 rings (SSSR count). The van der Waals surface area contributed by atoms with E-state index in [0.717, 1.165) is 16.9 Å². The van der Waals surface area contributed by atoms with Gasteiger partial charge in [-0.2, -0.15) is 0 Å². The predicted octanol–water partition coefficient (Wildman–Crippen LogP) is 1.83. The maximum atomic E-state index is 9.84. The molecule has 0 radical (unpaired) electrons. The Hall–Kier alpha value is -1.58. The van der Waals surface area contributed by atoms with Gasteiger partial charge in [-0.25, -0.2) is 0 Å². The highest BCUT2D eigenvalue weighted by Crippen LogP contribution is 2.38. The SMILES string of the molecule is CNc1cc(NC)c(O)c(NC)c1C. The average molecular weight is 195 g/mol. The van der Waals surface area contributed by atoms with E-state index in [4.69, 9.17) is 0 Å². The molecule has 1 aromatic carbocycles. The molecular weight excluding hydrogens is 178 g/mol. The topological polar surface area (TPSA) is 56.3 Å². The van der Waals surface area contributed by atoms with Gasteiger partial charge in [-0.15, -0.1) is 0 Å². The zero-order valence-corrected chi connectivity index (χ0v) is 9.02. The van der Waals surface area contributed by atoms with E-state index in [1.54, 1.807) is 14.1 Å². The lowest BCUT2D eigenvalue weighted by Gasteiger charge is -2.16. The van der Waals surface area contributed by atoms with Gasteiger partial charge in [-0.3, -0.25) is 0 Å². The van der Waals surface area contributed by atoms with Crippen molar-refractivity contribution in [2.24, 2.45) is 0 Å². The molecular formula is C10H17N3O. The second kappa shape index (κ2) is 4.09. The van der Waals surface area contributed by atoms with E-state index in [2.05, 4.69) is 16.0 Å². The van der Waals surface area contributed by atoms with Crippen molar-refractivity contribution in [1.82, 2.24) is 0 Å². The first-order valence-electron chi connectivity index (χ1n) is 4.55. The maximum Gasteiger partial charge on any atom is 0.162 e. The smallest absolute Gasteiger partial charge is 0.162 e. The Morgan fingerprint density at radius 3 is 2.00 bits per heavy atom. The number of phenols is 1. The minimum atomic E-state index is 0.256. The van der Waals surface area contributed by atoms with Gasteiger partial charge in [0.15, 0.2) is 5.75 Å². The highest BCUT2D eigenvalue weighted by Gasteiger charge is 2.11. The van der Waals surface area contributed by atoms with Crippen LogP contribution in [0, 0.1) is 6.92 Å². The number of phenolic OH excluding ortho intramolecular Hbond substituents is 1. The number of anilines is 3. The van der Waals surface area contributed by atoms with Crippen LogP contribution in [-0.2, 0) is 0 Å². The van der Waals surface area contributed by atoms with Crippen molar-refractivity contribution in [2.75, 3.05) is 37.1 Å². The third-order valence-corrected chi connectivity index (χ3v) is 2.35. The molecule has 0 aliphatic heterocycles. The number of aromatic hydroxyl groups is 1. The van der Waals surface area contributed by atoms with Crippen LogP contribution < -0.4 is 16.0 Å². The zero-order valence-electron chi connectivity index (χ0n) is 9.02. The van der Waals surface area contributed by atoms with Gasteiger partial charge in [0.05, 0.1) is 11.4 Å². The second-order valence-corrected chi connectivity index (χ2v) is 3.07. The molecule has 0 amide bonds. The van der Waals surface area contributed by atoms with Crippen LogP contribution in [0.15, 0.2) is 6.07 Å². The Labute approximate surface area is 84.3 Å². The fraction of sp³-hybridized carbons (Fsp3) is 0.400. The summed E-state index contributed by atoms with van der Waals surface area (Å²) < 4.78 is 0. The lowest BCUT2D eigenvalue weighted by molar-refractivity contribution is 0.479. The quantitative estimate of drug-likeness (QED) is 0.439. The van der Waals surface area contributed by atoms with Gasteiger partial charge in [0.1, 0.15) is 0 Å². The van der Waals surface area contributed by atoms with E-state index in [1.807, 2.05) is 20.0 Å². The number of rotatable bonds is 3. The zero-order chi connectivity index (χ0) is 10.7. The van der Waals surface area contributed by atoms with E-state index in [1.165, 1.54) is 0 Å². The van der Waals surface area contributed by atoms with Gasteiger partial charge in [-0.05, 0) is 18.6 Å². The lowest BCUT2D eigenvalue weighted by Crippen LogP contribution is -2.01. The summed E-state index contributed by atoms with van der Waals surface area (Å²) in [5, 5.41) is 18.8. The van der Waals surface area contributed by atoms with Gasteiger partial charge in [-0.1, -0.05) is 0 Å². The summed E-state index contributed by atoms with van der Waals surface area (Å²) in [5.41, 5.74) is 3.47. The van der Waals surface area contributed by atoms with Crippen molar-refractivity contribution in [1.29, 1.82) is 0 Å². The Bertz CT molecular complexity index is 308. The molecule has 0 atom stereocenters. The van der Waals surface area contributed by atoms with E-state index < -0.39 is 0 Å². The van der Waals surface area contributed by atoms with Crippen LogP contribution in [0.25, 0.3) is 0 Å². The Balaban J connectivity index is 3.39. The average Bonchev–Trinajstić information content (AvgIpc) is 2.19. The minimum absolute atomic E-state index is 0.256. The Morgan fingerprint density at radius 2 is 1.57 bits per heavy atom. The van der Waals surface area contributed by atoms with Crippen LogP contribution in [0.1, 0.15) is 5.56 Å². The minimum Gasteiger partial charge on any atom is -0.504 e. The van der Waals surface area contributed by atoms with Crippen molar-refractivity contribution >= 4 is 17.1 Å². The van der Waals surface area contributed by atoms with E-state index in [-0.39, 0.29) is 5.75 Å². The van der Waals surface area contributed by atoms with Crippen molar-refractivity contribution in [3.63, 3.8) is 0 Å². The summed E-state index contributed by atoms with van der Waals surface area (Å²) in [6.45, 7) is 1.96. The molecule has 0 aliphatic carbocycles. The maximum absolute atomic E-state index is 9.84. The van der Waals surface area contributed by atoms with E-state index in [0.29, 0.717) is 5.69 Å². The largest absolute Gasteiger partial charge is 0.504 e. The monoisotopic (exact) mass is 195 g/mol. The lowest BCUT2D eigenvalue weighted by atomic mass is 10.1. The van der Waals surface area contributed by atoms with Gasteiger partial charge in [0, 0.05) is 26.8 Å². The standard InChI is InChI=1S/C10H17N3O/c1-6-7(11-2)5-8(12-3)10(14)9(6)13-4/h5,11-14H,1-4H3. The molecule has 0 fully saturated rings. The molecule has 0 spiro atoms. The molecule has 78 valence electrons. The fourth-order valence-electron chi connectivity index (χ4n) is 1.52. The predicted molar refractivity (Wildman–Crippen MR) is 61.5 cm³/mol. The van der Waals surface area contributed by atoms with Gasteiger partial charge in [0.25, 0.3) is 0 Å². The molecule has 0 aliphatic rings. The highest BCUT2D eigenvalue weighted by molar-refractivity contribution is 5.81. The van der Waals surface area contributed by atoms with Crippen LogP contribution in [0.3, 0.4) is 0 Å². The molecule has 4 N–H and O–H groups in total. The molecule has 0 bridgehead atoms. The van der Waals surface area contributed by atoms with Crippen LogP contribution in [0.4, 0.5) is 17.1 Å². The number of hydrogen-bond donors (Lipinski definition) is 4. The second-order valence-electron chi connectivity index (χ2n) is 3.07. The van der Waals surface area contributed by atoms with Crippen molar-refractivity contribution in [3.05, 3.63) is 11.6 Å². The first-order valence-corrected chi connectivity index (χ1v) is 4.55. The van der Waals surface area contributed by atoms with Crippen LogP contribution in [0.2, 0.25) is 0 Å². The summed E-state index contributed by atoms with van der Waals surface area (Å²) in [6.07, 6.45) is 0. The van der Waals surface area contributed by atoms with E-state index in [9.17, 15) is 5.11 Å². The van der Waals surface area contributed by atoms with E-state index >= 15 is 0 Å². The van der Waals surface area contributed by atoms with Crippen LogP contribution >= 0.6 is 0 Å². The Morgan fingerprint density at radius 1 is 1.00 bits per heavy atom. The first kappa shape index (κ1) is 10.5. The molecule has 4 heteroatoms. The molecule has 1 aromatic rings. The number of benzene rings is 1. The molecule has 0 saturated carbocycles. The summed E-state index contributed by atoms with van der Waals surface area (Å²) in [5.74, 6) is 0.256. The Kier molecular flexibility index (Phi) is 3.06. The fourth-order valence-corrected chi connectivity index (χ4v) is 1.52. The summed E-state index contributed by atoms with van der Waals surface area (Å²) >= 11 is 0. The molecule has 4 nitrogen and oxygen atoms in total. The highest BCUT2D eigenvalue weighted by atomic mass is 16.3. The van der Waals surface area contributed by atoms with Gasteiger partial charge >= 0.3 is 0 Å². The molecule has 0 unspecified atom stereocenters. The van der Waals surface area contributed by atoms with Crippen LogP contribution in [-0.4, -0.2) is 26.2 Å². The summed E-state index contributed by atoms with van der Waals surface area (Å²) in [6, 6.07) is 1.88. The summed E-state index contributed by atoms with van der Waals surface area (Å²) in [7, 11) is 5.43. The van der Waals surface area contributed by atoms with Crippen molar-refractivity contribution in [3.8, 4) is 5.75 Å². The van der Waals surface area contributed by atoms with Gasteiger partial charge in [0.2, 0.25) is 0 Å².